The van der Waals surface area contributed by atoms with E-state index in [1.165, 1.54) is 0 Å². The molecule has 1 fully saturated rings. The molecule has 0 amide bonds. The van der Waals surface area contributed by atoms with Crippen LogP contribution in [-0.2, 0) is 16.4 Å². The molecule has 0 unspecified atom stereocenters. The molecule has 1 aliphatic rings. The van der Waals surface area contributed by atoms with Crippen molar-refractivity contribution in [3.8, 4) is 11.4 Å². The van der Waals surface area contributed by atoms with Gasteiger partial charge in [0.1, 0.15) is 17.3 Å². The van der Waals surface area contributed by atoms with Crippen LogP contribution in [0.25, 0.3) is 21.5 Å². The second-order valence-corrected chi connectivity index (χ2v) is 11.1. The number of fused-ring (bicyclic) bond motifs is 1. The molecule has 0 radical (unpaired) electrons. The Bertz CT molecular complexity index is 1380. The third-order valence-electron chi connectivity index (χ3n) is 5.42. The Morgan fingerprint density at radius 1 is 1.19 bits per heavy atom. The van der Waals surface area contributed by atoms with Crippen LogP contribution in [0.15, 0.2) is 54.2 Å². The van der Waals surface area contributed by atoms with E-state index in [4.69, 9.17) is 4.98 Å². The first kappa shape index (κ1) is 20.1. The Labute approximate surface area is 184 Å². The lowest BCUT2D eigenvalue weighted by Crippen LogP contribution is -2.20. The predicted molar refractivity (Wildman–Crippen MR) is 122 cm³/mol. The number of hydrogen-bond donors (Lipinski definition) is 0. The largest absolute Gasteiger partial charge is 0.317 e. The molecule has 0 N–H and O–H groups in total. The standard InChI is InChI=1S/C23H21N3O3S2/c1-31(28,29)14-19(27)21-20(15-7-8-15)25-23(17-6-3-10-24-12-17)26(21)13-18-5-2-4-16-9-11-30-22(16)18/h2-6,9-12,15H,7-8,13-14H2,1H3. The van der Waals surface area contributed by atoms with E-state index in [1.54, 1.807) is 23.7 Å². The van der Waals surface area contributed by atoms with Gasteiger partial charge in [0.25, 0.3) is 0 Å². The second-order valence-electron chi connectivity index (χ2n) is 8.02. The smallest absolute Gasteiger partial charge is 0.196 e. The normalized spacial score (nSPS) is 14.2. The summed E-state index contributed by atoms with van der Waals surface area (Å²) >= 11 is 1.66. The molecule has 5 rings (SSSR count). The Morgan fingerprint density at radius 3 is 2.74 bits per heavy atom. The average Bonchev–Trinajstić information content (AvgIpc) is 3.33. The molecule has 1 saturated carbocycles. The summed E-state index contributed by atoms with van der Waals surface area (Å²) in [6.45, 7) is 0.437. The predicted octanol–water partition coefficient (Wildman–Crippen LogP) is 4.31. The molecule has 3 aromatic heterocycles. The monoisotopic (exact) mass is 451 g/mol. The first-order valence-electron chi connectivity index (χ1n) is 10.1. The van der Waals surface area contributed by atoms with E-state index in [0.29, 0.717) is 23.8 Å². The number of pyridine rings is 1. The lowest BCUT2D eigenvalue weighted by Gasteiger charge is -2.13. The van der Waals surface area contributed by atoms with Gasteiger partial charge in [0, 0.05) is 34.8 Å². The van der Waals surface area contributed by atoms with Gasteiger partial charge in [0.05, 0.1) is 12.2 Å². The number of aromatic nitrogens is 3. The highest BCUT2D eigenvalue weighted by molar-refractivity contribution is 7.91. The molecule has 0 spiro atoms. The van der Waals surface area contributed by atoms with Crippen LogP contribution in [0.5, 0.6) is 0 Å². The van der Waals surface area contributed by atoms with E-state index < -0.39 is 21.4 Å². The molecule has 1 aliphatic carbocycles. The SMILES string of the molecule is CS(=O)(=O)CC(=O)c1c(C2CC2)nc(-c2cccnc2)n1Cc1cccc2ccsc12. The number of rotatable bonds is 7. The minimum atomic E-state index is -3.47. The summed E-state index contributed by atoms with van der Waals surface area (Å²) in [5.74, 6) is -0.0628. The van der Waals surface area contributed by atoms with Crippen LogP contribution in [0.2, 0.25) is 0 Å². The van der Waals surface area contributed by atoms with Crippen LogP contribution >= 0.6 is 11.3 Å². The number of nitrogens with zero attached hydrogens (tertiary/aromatic N) is 3. The lowest BCUT2D eigenvalue weighted by atomic mass is 10.1. The number of Topliss-reactive ketones (excluding diaryl/α,β-unsaturated/α-hetero) is 1. The second kappa shape index (κ2) is 7.69. The van der Waals surface area contributed by atoms with E-state index in [0.717, 1.165) is 40.3 Å². The topological polar surface area (TPSA) is 81.9 Å². The minimum absolute atomic E-state index is 0.202. The quantitative estimate of drug-likeness (QED) is 0.391. The number of carbonyl (C=O) groups excluding carboxylic acids is 1. The van der Waals surface area contributed by atoms with Crippen molar-refractivity contribution < 1.29 is 13.2 Å². The summed E-state index contributed by atoms with van der Waals surface area (Å²) in [5, 5.41) is 3.20. The Morgan fingerprint density at radius 2 is 2.03 bits per heavy atom. The van der Waals surface area contributed by atoms with Crippen LogP contribution < -0.4 is 0 Å². The molecule has 31 heavy (non-hydrogen) atoms. The molecule has 158 valence electrons. The zero-order valence-corrected chi connectivity index (χ0v) is 18.6. The maximum Gasteiger partial charge on any atom is 0.196 e. The molecule has 1 aromatic carbocycles. The first-order valence-corrected chi connectivity index (χ1v) is 13.0. The molecule has 4 aromatic rings. The number of ketones is 1. The summed E-state index contributed by atoms with van der Waals surface area (Å²) in [5.41, 5.74) is 3.01. The van der Waals surface area contributed by atoms with Gasteiger partial charge in [-0.05, 0) is 47.4 Å². The summed E-state index contributed by atoms with van der Waals surface area (Å²) in [6, 6.07) is 11.9. The minimum Gasteiger partial charge on any atom is -0.317 e. The van der Waals surface area contributed by atoms with Gasteiger partial charge < -0.3 is 4.57 Å². The maximum absolute atomic E-state index is 13.2. The number of benzene rings is 1. The molecule has 0 saturated heterocycles. The van der Waals surface area contributed by atoms with Gasteiger partial charge in [-0.3, -0.25) is 9.78 Å². The molecular formula is C23H21N3O3S2. The fraction of sp³-hybridized carbons (Fsp3) is 0.261. The van der Waals surface area contributed by atoms with Crippen LogP contribution in [-0.4, -0.2) is 40.7 Å². The molecule has 0 aliphatic heterocycles. The Kier molecular flexibility index (Phi) is 4.98. The third-order valence-corrected chi connectivity index (χ3v) is 7.22. The van der Waals surface area contributed by atoms with E-state index in [2.05, 4.69) is 22.5 Å². The molecular weight excluding hydrogens is 430 g/mol. The number of thiophene rings is 1. The number of sulfone groups is 1. The average molecular weight is 452 g/mol. The summed E-state index contributed by atoms with van der Waals surface area (Å²) in [7, 11) is -3.47. The van der Waals surface area contributed by atoms with Gasteiger partial charge in [0.2, 0.25) is 0 Å². The Balaban J connectivity index is 1.71. The van der Waals surface area contributed by atoms with Gasteiger partial charge in [-0.2, -0.15) is 0 Å². The van der Waals surface area contributed by atoms with Crippen LogP contribution in [0.4, 0.5) is 0 Å². The fourth-order valence-corrected chi connectivity index (χ4v) is 5.45. The highest BCUT2D eigenvalue weighted by Gasteiger charge is 2.35. The third kappa shape index (κ3) is 4.05. The van der Waals surface area contributed by atoms with Crippen LogP contribution in [0, 0.1) is 0 Å². The van der Waals surface area contributed by atoms with Crippen molar-refractivity contribution in [1.29, 1.82) is 0 Å². The summed E-state index contributed by atoms with van der Waals surface area (Å²) < 4.78 is 26.9. The molecule has 0 atom stereocenters. The van der Waals surface area contributed by atoms with Gasteiger partial charge >= 0.3 is 0 Å². The first-order chi connectivity index (χ1) is 14.9. The van der Waals surface area contributed by atoms with Crippen molar-refractivity contribution in [2.45, 2.75) is 25.3 Å². The van der Waals surface area contributed by atoms with Crippen LogP contribution in [0.3, 0.4) is 0 Å². The van der Waals surface area contributed by atoms with E-state index in [-0.39, 0.29) is 5.92 Å². The van der Waals surface area contributed by atoms with Gasteiger partial charge in [-0.15, -0.1) is 11.3 Å². The maximum atomic E-state index is 13.2. The van der Waals surface area contributed by atoms with Crippen molar-refractivity contribution in [1.82, 2.24) is 14.5 Å². The van der Waals surface area contributed by atoms with E-state index in [9.17, 15) is 13.2 Å². The van der Waals surface area contributed by atoms with Crippen molar-refractivity contribution in [3.05, 3.63) is 71.1 Å². The fourth-order valence-electron chi connectivity index (χ4n) is 3.93. The molecule has 3 heterocycles. The van der Waals surface area contributed by atoms with Crippen molar-refractivity contribution in [3.63, 3.8) is 0 Å². The van der Waals surface area contributed by atoms with Gasteiger partial charge in [-0.1, -0.05) is 18.2 Å². The molecule has 8 heteroatoms. The highest BCUT2D eigenvalue weighted by atomic mass is 32.2. The number of imidazole rings is 1. The molecule has 6 nitrogen and oxygen atoms in total. The lowest BCUT2D eigenvalue weighted by molar-refractivity contribution is 0.101. The van der Waals surface area contributed by atoms with E-state index >= 15 is 0 Å². The van der Waals surface area contributed by atoms with Crippen molar-refractivity contribution >= 4 is 37.0 Å². The number of hydrogen-bond acceptors (Lipinski definition) is 6. The zero-order chi connectivity index (χ0) is 21.6. The van der Waals surface area contributed by atoms with Gasteiger partial charge in [0.15, 0.2) is 15.6 Å². The van der Waals surface area contributed by atoms with E-state index in [1.807, 2.05) is 28.8 Å². The molecule has 0 bridgehead atoms. The Hall–Kier alpha value is -2.84. The highest BCUT2D eigenvalue weighted by Crippen LogP contribution is 2.43. The van der Waals surface area contributed by atoms with Crippen LogP contribution in [0.1, 0.15) is 40.5 Å². The number of carbonyl (C=O) groups is 1. The summed E-state index contributed by atoms with van der Waals surface area (Å²) in [6.07, 6.45) is 6.44. The summed E-state index contributed by atoms with van der Waals surface area (Å²) in [4.78, 5) is 22.3. The van der Waals surface area contributed by atoms with Crippen molar-refractivity contribution in [2.75, 3.05) is 12.0 Å². The zero-order valence-electron chi connectivity index (χ0n) is 17.0. The van der Waals surface area contributed by atoms with Gasteiger partial charge in [-0.25, -0.2) is 13.4 Å². The van der Waals surface area contributed by atoms with Crippen molar-refractivity contribution in [2.24, 2.45) is 0 Å².